The van der Waals surface area contributed by atoms with Gasteiger partial charge in [-0.25, -0.2) is 0 Å². The van der Waals surface area contributed by atoms with Crippen LogP contribution in [0.2, 0.25) is 4.34 Å². The van der Waals surface area contributed by atoms with Crippen molar-refractivity contribution in [3.05, 3.63) is 43.2 Å². The van der Waals surface area contributed by atoms with Gasteiger partial charge in [-0.3, -0.25) is 4.90 Å². The first-order valence-corrected chi connectivity index (χ1v) is 9.07. The van der Waals surface area contributed by atoms with Crippen LogP contribution >= 0.6 is 34.3 Å². The number of likely N-dealkylation sites (N-methyl/N-ethyl adjacent to an activating group) is 1. The summed E-state index contributed by atoms with van der Waals surface area (Å²) in [6.07, 6.45) is 0. The summed E-state index contributed by atoms with van der Waals surface area (Å²) in [4.78, 5) is 6.32. The summed E-state index contributed by atoms with van der Waals surface area (Å²) in [6, 6.07) is 8.76. The van der Waals surface area contributed by atoms with Crippen molar-refractivity contribution in [2.75, 3.05) is 13.6 Å². The second kappa shape index (κ2) is 6.80. The first kappa shape index (κ1) is 17.0. The third-order valence-corrected chi connectivity index (χ3v) is 6.31. The van der Waals surface area contributed by atoms with E-state index < -0.39 is 0 Å². The molecule has 5 heteroatoms. The van der Waals surface area contributed by atoms with Crippen molar-refractivity contribution < 1.29 is 0 Å². The molecular weight excluding hydrogens is 320 g/mol. The third kappa shape index (κ3) is 4.30. The third-order valence-electron chi connectivity index (χ3n) is 3.48. The van der Waals surface area contributed by atoms with Crippen molar-refractivity contribution in [1.82, 2.24) is 4.90 Å². The molecule has 2 aromatic heterocycles. The SMILES string of the molecule is CN(Cc1ccc(Cl)s1)C(CN)c1ccc(C(C)(C)C)s1. The van der Waals surface area contributed by atoms with E-state index in [9.17, 15) is 0 Å². The van der Waals surface area contributed by atoms with E-state index in [-0.39, 0.29) is 11.5 Å². The van der Waals surface area contributed by atoms with E-state index in [1.165, 1.54) is 14.6 Å². The number of halogens is 1. The lowest BCUT2D eigenvalue weighted by Crippen LogP contribution is -2.29. The number of nitrogens with zero attached hydrogens (tertiary/aromatic N) is 1. The molecular formula is C16H23ClN2S2. The topological polar surface area (TPSA) is 29.3 Å². The van der Waals surface area contributed by atoms with E-state index in [4.69, 9.17) is 17.3 Å². The number of nitrogens with two attached hydrogens (primary N) is 1. The molecule has 1 atom stereocenters. The lowest BCUT2D eigenvalue weighted by molar-refractivity contribution is 0.247. The van der Waals surface area contributed by atoms with E-state index in [2.05, 4.69) is 50.9 Å². The first-order chi connectivity index (χ1) is 9.81. The highest BCUT2D eigenvalue weighted by Gasteiger charge is 2.22. The summed E-state index contributed by atoms with van der Waals surface area (Å²) in [6.45, 7) is 8.24. The fourth-order valence-corrected chi connectivity index (χ4v) is 4.64. The molecule has 0 aliphatic rings. The minimum Gasteiger partial charge on any atom is -0.329 e. The van der Waals surface area contributed by atoms with Gasteiger partial charge in [-0.2, -0.15) is 0 Å². The summed E-state index contributed by atoms with van der Waals surface area (Å²) in [7, 11) is 2.13. The Morgan fingerprint density at radius 3 is 2.38 bits per heavy atom. The van der Waals surface area contributed by atoms with Gasteiger partial charge < -0.3 is 5.73 Å². The van der Waals surface area contributed by atoms with Crippen LogP contribution in [0.4, 0.5) is 0 Å². The molecule has 0 amide bonds. The Morgan fingerprint density at radius 2 is 1.90 bits per heavy atom. The van der Waals surface area contributed by atoms with Gasteiger partial charge in [-0.05, 0) is 36.7 Å². The second-order valence-electron chi connectivity index (χ2n) is 6.32. The minimum absolute atomic E-state index is 0.196. The number of hydrogen-bond donors (Lipinski definition) is 1. The molecule has 0 aromatic carbocycles. The van der Waals surface area contributed by atoms with Gasteiger partial charge in [0.05, 0.1) is 10.4 Å². The van der Waals surface area contributed by atoms with Crippen molar-refractivity contribution in [3.8, 4) is 0 Å². The van der Waals surface area contributed by atoms with Gasteiger partial charge in [0.2, 0.25) is 0 Å². The average molecular weight is 343 g/mol. The summed E-state index contributed by atoms with van der Waals surface area (Å²) in [5, 5.41) is 0. The maximum atomic E-state index is 6.03. The smallest absolute Gasteiger partial charge is 0.0931 e. The highest BCUT2D eigenvalue weighted by Crippen LogP contribution is 2.34. The van der Waals surface area contributed by atoms with Crippen molar-refractivity contribution in [2.24, 2.45) is 5.73 Å². The highest BCUT2D eigenvalue weighted by atomic mass is 35.5. The first-order valence-electron chi connectivity index (χ1n) is 7.06. The second-order valence-corrected chi connectivity index (χ2v) is 9.24. The molecule has 0 bridgehead atoms. The van der Waals surface area contributed by atoms with Crippen LogP contribution in [-0.4, -0.2) is 18.5 Å². The van der Waals surface area contributed by atoms with Gasteiger partial charge in [-0.1, -0.05) is 32.4 Å². The monoisotopic (exact) mass is 342 g/mol. The molecule has 2 heterocycles. The van der Waals surface area contributed by atoms with Crippen molar-refractivity contribution in [1.29, 1.82) is 0 Å². The van der Waals surface area contributed by atoms with Crippen LogP contribution in [0.3, 0.4) is 0 Å². The Morgan fingerprint density at radius 1 is 1.19 bits per heavy atom. The molecule has 0 fully saturated rings. The minimum atomic E-state index is 0.196. The van der Waals surface area contributed by atoms with Gasteiger partial charge in [0, 0.05) is 27.7 Å². The van der Waals surface area contributed by atoms with Gasteiger partial charge in [0.25, 0.3) is 0 Å². The van der Waals surface area contributed by atoms with Gasteiger partial charge in [0.15, 0.2) is 0 Å². The van der Waals surface area contributed by atoms with Crippen molar-refractivity contribution >= 4 is 34.3 Å². The molecule has 0 saturated heterocycles. The van der Waals surface area contributed by atoms with Crippen LogP contribution in [0.25, 0.3) is 0 Å². The highest BCUT2D eigenvalue weighted by molar-refractivity contribution is 7.16. The Hall–Kier alpha value is -0.390. The van der Waals surface area contributed by atoms with Crippen LogP contribution in [0.1, 0.15) is 41.4 Å². The Bertz CT molecular complexity index is 583. The van der Waals surface area contributed by atoms with E-state index in [0.29, 0.717) is 6.54 Å². The predicted molar refractivity (Wildman–Crippen MR) is 95.6 cm³/mol. The largest absolute Gasteiger partial charge is 0.329 e. The lowest BCUT2D eigenvalue weighted by Gasteiger charge is -2.25. The van der Waals surface area contributed by atoms with Crippen LogP contribution in [0.5, 0.6) is 0 Å². The average Bonchev–Trinajstić information content (AvgIpc) is 2.99. The molecule has 116 valence electrons. The maximum absolute atomic E-state index is 6.03. The zero-order valence-corrected chi connectivity index (χ0v) is 15.4. The molecule has 2 aromatic rings. The predicted octanol–water partition coefficient (Wildman–Crippen LogP) is 4.89. The number of rotatable bonds is 5. The number of hydrogen-bond acceptors (Lipinski definition) is 4. The van der Waals surface area contributed by atoms with E-state index in [1.807, 2.05) is 17.4 Å². The molecule has 2 rings (SSSR count). The molecule has 0 spiro atoms. The maximum Gasteiger partial charge on any atom is 0.0931 e. The fraction of sp³-hybridized carbons (Fsp3) is 0.500. The summed E-state index contributed by atoms with van der Waals surface area (Å²) < 4.78 is 0.842. The summed E-state index contributed by atoms with van der Waals surface area (Å²) in [5.74, 6) is 0. The van der Waals surface area contributed by atoms with Gasteiger partial charge >= 0.3 is 0 Å². The number of thiophene rings is 2. The van der Waals surface area contributed by atoms with Gasteiger partial charge in [0.1, 0.15) is 0 Å². The lowest BCUT2D eigenvalue weighted by atomic mass is 9.95. The summed E-state index contributed by atoms with van der Waals surface area (Å²) >= 11 is 9.51. The standard InChI is InChI=1S/C16H23ClN2S2/c1-16(2,3)14-7-6-13(21-14)12(9-18)19(4)10-11-5-8-15(17)20-11/h5-8,12H,9-10,18H2,1-4H3. The molecule has 21 heavy (non-hydrogen) atoms. The fourth-order valence-electron chi connectivity index (χ4n) is 2.24. The molecule has 2 nitrogen and oxygen atoms in total. The van der Waals surface area contributed by atoms with E-state index in [0.717, 1.165) is 10.9 Å². The van der Waals surface area contributed by atoms with Crippen LogP contribution < -0.4 is 5.73 Å². The summed E-state index contributed by atoms with van der Waals surface area (Å²) in [5.41, 5.74) is 6.22. The quantitative estimate of drug-likeness (QED) is 0.838. The van der Waals surface area contributed by atoms with E-state index in [1.54, 1.807) is 11.3 Å². The van der Waals surface area contributed by atoms with Crippen LogP contribution in [0.15, 0.2) is 24.3 Å². The zero-order valence-electron chi connectivity index (χ0n) is 13.0. The molecule has 0 aliphatic heterocycles. The zero-order chi connectivity index (χ0) is 15.6. The van der Waals surface area contributed by atoms with Gasteiger partial charge in [-0.15, -0.1) is 22.7 Å². The Kier molecular flexibility index (Phi) is 5.49. The molecule has 2 N–H and O–H groups in total. The Labute approximate surface area is 140 Å². The molecule has 0 aliphatic carbocycles. The van der Waals surface area contributed by atoms with Crippen molar-refractivity contribution in [2.45, 2.75) is 38.8 Å². The molecule has 1 unspecified atom stereocenters. The van der Waals surface area contributed by atoms with Crippen molar-refractivity contribution in [3.63, 3.8) is 0 Å². The van der Waals surface area contributed by atoms with Crippen LogP contribution in [0, 0.1) is 0 Å². The van der Waals surface area contributed by atoms with Crippen LogP contribution in [-0.2, 0) is 12.0 Å². The van der Waals surface area contributed by atoms with E-state index >= 15 is 0 Å². The molecule has 0 radical (unpaired) electrons. The normalized spacial score (nSPS) is 13.9. The molecule has 0 saturated carbocycles. The Balaban J connectivity index is 2.13.